The van der Waals surface area contributed by atoms with Gasteiger partial charge in [0.2, 0.25) is 0 Å². The molecule has 1 aliphatic heterocycles. The second kappa shape index (κ2) is 7.43. The Kier molecular flexibility index (Phi) is 5.59. The quantitative estimate of drug-likeness (QED) is 0.866. The summed E-state index contributed by atoms with van der Waals surface area (Å²) < 4.78 is 5.66. The second-order valence-corrected chi connectivity index (χ2v) is 5.65. The molecule has 21 heavy (non-hydrogen) atoms. The van der Waals surface area contributed by atoms with Crippen molar-refractivity contribution in [2.45, 2.75) is 19.9 Å². The van der Waals surface area contributed by atoms with E-state index in [1.165, 1.54) is 0 Å². The first-order valence-corrected chi connectivity index (χ1v) is 7.49. The van der Waals surface area contributed by atoms with Crippen LogP contribution in [-0.2, 0) is 0 Å². The first kappa shape index (κ1) is 15.8. The first-order valence-electron chi connectivity index (χ1n) is 7.49. The molecule has 0 bridgehead atoms. The highest BCUT2D eigenvalue weighted by atomic mass is 16.5. The van der Waals surface area contributed by atoms with E-state index in [1.54, 1.807) is 24.3 Å². The molecule has 0 unspecified atom stereocenters. The van der Waals surface area contributed by atoms with Gasteiger partial charge in [-0.2, -0.15) is 0 Å². The van der Waals surface area contributed by atoms with Gasteiger partial charge < -0.3 is 9.84 Å². The SMILES string of the molecule is CC(C)N1CCN(CCOc2cccc(C(=O)O)c2)CC1. The number of ether oxygens (including phenoxy) is 1. The number of hydrogen-bond acceptors (Lipinski definition) is 4. The molecule has 0 amide bonds. The molecule has 0 aromatic heterocycles. The van der Waals surface area contributed by atoms with Crippen LogP contribution in [0.1, 0.15) is 24.2 Å². The average molecular weight is 292 g/mol. The van der Waals surface area contributed by atoms with Crippen LogP contribution < -0.4 is 4.74 Å². The largest absolute Gasteiger partial charge is 0.492 e. The summed E-state index contributed by atoms with van der Waals surface area (Å²) in [6.45, 7) is 10.3. The maximum Gasteiger partial charge on any atom is 0.335 e. The average Bonchev–Trinajstić information content (AvgIpc) is 2.48. The summed E-state index contributed by atoms with van der Waals surface area (Å²) in [5, 5.41) is 8.94. The van der Waals surface area contributed by atoms with E-state index < -0.39 is 5.97 Å². The molecule has 5 heteroatoms. The molecule has 1 saturated heterocycles. The van der Waals surface area contributed by atoms with Crippen LogP contribution in [0.2, 0.25) is 0 Å². The fourth-order valence-corrected chi connectivity index (χ4v) is 2.51. The summed E-state index contributed by atoms with van der Waals surface area (Å²) in [5.41, 5.74) is 0.262. The van der Waals surface area contributed by atoms with Gasteiger partial charge in [-0.05, 0) is 32.0 Å². The summed E-state index contributed by atoms with van der Waals surface area (Å²) in [4.78, 5) is 15.8. The van der Waals surface area contributed by atoms with Crippen LogP contribution >= 0.6 is 0 Å². The van der Waals surface area contributed by atoms with Gasteiger partial charge in [-0.25, -0.2) is 4.79 Å². The zero-order chi connectivity index (χ0) is 15.2. The van der Waals surface area contributed by atoms with Gasteiger partial charge in [0.15, 0.2) is 0 Å². The molecular weight excluding hydrogens is 268 g/mol. The second-order valence-electron chi connectivity index (χ2n) is 5.65. The predicted octanol–water partition coefficient (Wildman–Crippen LogP) is 1.79. The van der Waals surface area contributed by atoms with Crippen LogP contribution in [0.5, 0.6) is 5.75 Å². The van der Waals surface area contributed by atoms with Crippen LogP contribution in [0.15, 0.2) is 24.3 Å². The van der Waals surface area contributed by atoms with E-state index in [0.29, 0.717) is 18.4 Å². The van der Waals surface area contributed by atoms with E-state index in [1.807, 2.05) is 0 Å². The van der Waals surface area contributed by atoms with E-state index >= 15 is 0 Å². The number of hydrogen-bond donors (Lipinski definition) is 1. The molecule has 2 rings (SSSR count). The van der Waals surface area contributed by atoms with Crippen LogP contribution in [0, 0.1) is 0 Å². The maximum absolute atomic E-state index is 10.9. The van der Waals surface area contributed by atoms with Gasteiger partial charge >= 0.3 is 5.97 Å². The lowest BCUT2D eigenvalue weighted by Crippen LogP contribution is -2.49. The molecule has 1 aromatic rings. The monoisotopic (exact) mass is 292 g/mol. The molecule has 116 valence electrons. The highest BCUT2D eigenvalue weighted by molar-refractivity contribution is 5.87. The Balaban J connectivity index is 1.73. The van der Waals surface area contributed by atoms with E-state index in [9.17, 15) is 4.79 Å². The van der Waals surface area contributed by atoms with Gasteiger partial charge in [0, 0.05) is 38.8 Å². The van der Waals surface area contributed by atoms with Crippen molar-refractivity contribution in [1.29, 1.82) is 0 Å². The van der Waals surface area contributed by atoms with Crippen molar-refractivity contribution >= 4 is 5.97 Å². The van der Waals surface area contributed by atoms with Gasteiger partial charge in [0.1, 0.15) is 12.4 Å². The standard InChI is InChI=1S/C16H24N2O3/c1-13(2)18-8-6-17(7-9-18)10-11-21-15-5-3-4-14(12-15)16(19)20/h3-5,12-13H,6-11H2,1-2H3,(H,19,20). The minimum absolute atomic E-state index is 0.262. The highest BCUT2D eigenvalue weighted by Crippen LogP contribution is 2.13. The third-order valence-electron chi connectivity index (χ3n) is 3.89. The molecule has 1 aromatic carbocycles. The van der Waals surface area contributed by atoms with Crippen LogP contribution in [0.25, 0.3) is 0 Å². The molecule has 0 aliphatic carbocycles. The molecule has 0 radical (unpaired) electrons. The van der Waals surface area contributed by atoms with E-state index in [2.05, 4.69) is 23.6 Å². The van der Waals surface area contributed by atoms with Gasteiger partial charge in [-0.3, -0.25) is 9.80 Å². The van der Waals surface area contributed by atoms with Gasteiger partial charge in [-0.1, -0.05) is 6.07 Å². The molecule has 0 saturated carbocycles. The van der Waals surface area contributed by atoms with Crippen LogP contribution in [0.3, 0.4) is 0 Å². The Hall–Kier alpha value is -1.59. The molecule has 1 N–H and O–H groups in total. The van der Waals surface area contributed by atoms with Crippen LogP contribution in [-0.4, -0.2) is 66.2 Å². The number of piperazine rings is 1. The van der Waals surface area contributed by atoms with Gasteiger partial charge in [0.25, 0.3) is 0 Å². The molecule has 1 aliphatic rings. The number of carbonyl (C=O) groups is 1. The van der Waals surface area contributed by atoms with Gasteiger partial charge in [0.05, 0.1) is 5.56 Å². The lowest BCUT2D eigenvalue weighted by Gasteiger charge is -2.36. The highest BCUT2D eigenvalue weighted by Gasteiger charge is 2.18. The topological polar surface area (TPSA) is 53.0 Å². The van der Waals surface area contributed by atoms with Crippen molar-refractivity contribution < 1.29 is 14.6 Å². The Morgan fingerprint density at radius 3 is 2.62 bits per heavy atom. The summed E-state index contributed by atoms with van der Waals surface area (Å²) in [6, 6.07) is 7.25. The lowest BCUT2D eigenvalue weighted by atomic mass is 10.2. The molecule has 1 heterocycles. The number of rotatable bonds is 6. The van der Waals surface area contributed by atoms with Crippen molar-refractivity contribution in [2.24, 2.45) is 0 Å². The summed E-state index contributed by atoms with van der Waals surface area (Å²) >= 11 is 0. The Labute approximate surface area is 126 Å². The van der Waals surface area contributed by atoms with Crippen LogP contribution in [0.4, 0.5) is 0 Å². The van der Waals surface area contributed by atoms with E-state index in [4.69, 9.17) is 9.84 Å². The van der Waals surface area contributed by atoms with Gasteiger partial charge in [-0.15, -0.1) is 0 Å². The van der Waals surface area contributed by atoms with Crippen molar-refractivity contribution in [3.05, 3.63) is 29.8 Å². The molecule has 5 nitrogen and oxygen atoms in total. The summed E-state index contributed by atoms with van der Waals surface area (Å²) in [6.07, 6.45) is 0. The van der Waals surface area contributed by atoms with Crippen molar-refractivity contribution in [3.63, 3.8) is 0 Å². The van der Waals surface area contributed by atoms with Crippen molar-refractivity contribution in [2.75, 3.05) is 39.3 Å². The third kappa shape index (κ3) is 4.72. The Bertz CT molecular complexity index is 468. The van der Waals surface area contributed by atoms with E-state index in [0.717, 1.165) is 32.7 Å². The number of aromatic carboxylic acids is 1. The first-order chi connectivity index (χ1) is 10.1. The molecule has 0 atom stereocenters. The fraction of sp³-hybridized carbons (Fsp3) is 0.562. The number of benzene rings is 1. The fourth-order valence-electron chi connectivity index (χ4n) is 2.51. The molecule has 1 fully saturated rings. The Morgan fingerprint density at radius 1 is 1.29 bits per heavy atom. The normalized spacial score (nSPS) is 17.1. The minimum Gasteiger partial charge on any atom is -0.492 e. The predicted molar refractivity (Wildman–Crippen MR) is 82.0 cm³/mol. The lowest BCUT2D eigenvalue weighted by molar-refractivity contribution is 0.0696. The summed E-state index contributed by atoms with van der Waals surface area (Å²) in [7, 11) is 0. The van der Waals surface area contributed by atoms with E-state index in [-0.39, 0.29) is 5.56 Å². The smallest absolute Gasteiger partial charge is 0.335 e. The minimum atomic E-state index is -0.926. The molecule has 0 spiro atoms. The number of nitrogens with zero attached hydrogens (tertiary/aromatic N) is 2. The summed E-state index contributed by atoms with van der Waals surface area (Å²) in [5.74, 6) is -0.305. The van der Waals surface area contributed by atoms with Crippen molar-refractivity contribution in [3.8, 4) is 5.75 Å². The zero-order valence-corrected chi connectivity index (χ0v) is 12.8. The third-order valence-corrected chi connectivity index (χ3v) is 3.89. The maximum atomic E-state index is 10.9. The van der Waals surface area contributed by atoms with Crippen molar-refractivity contribution in [1.82, 2.24) is 9.80 Å². The zero-order valence-electron chi connectivity index (χ0n) is 12.8. The molecular formula is C16H24N2O3. The number of carboxylic acid groups (broad SMARTS) is 1. The Morgan fingerprint density at radius 2 is 2.00 bits per heavy atom. The number of carboxylic acids is 1.